The van der Waals surface area contributed by atoms with Gasteiger partial charge in [-0.2, -0.15) is 0 Å². The van der Waals surface area contributed by atoms with E-state index in [2.05, 4.69) is 42.7 Å². The summed E-state index contributed by atoms with van der Waals surface area (Å²) in [6.07, 6.45) is 0. The normalized spacial score (nSPS) is 10.3. The maximum atomic E-state index is 5.14. The maximum Gasteiger partial charge on any atom is 0.119 e. The van der Waals surface area contributed by atoms with Crippen molar-refractivity contribution in [2.24, 2.45) is 0 Å². The van der Waals surface area contributed by atoms with Crippen LogP contribution in [0.5, 0.6) is 5.75 Å². The molecular weight excluding hydrogens is 186 g/mol. The zero-order valence-electron chi connectivity index (χ0n) is 9.32. The lowest BCUT2D eigenvalue weighted by Gasteiger charge is -2.09. The van der Waals surface area contributed by atoms with Crippen molar-refractivity contribution in [1.82, 2.24) is 4.57 Å². The van der Waals surface area contributed by atoms with E-state index < -0.39 is 0 Å². The summed E-state index contributed by atoms with van der Waals surface area (Å²) in [4.78, 5) is 0. The van der Waals surface area contributed by atoms with Crippen molar-refractivity contribution in [3.8, 4) is 11.4 Å². The summed E-state index contributed by atoms with van der Waals surface area (Å²) in [6, 6.07) is 12.3. The predicted octanol–water partition coefficient (Wildman–Crippen LogP) is 3.10. The first-order valence-corrected chi connectivity index (χ1v) is 5.02. The smallest absolute Gasteiger partial charge is 0.119 e. The van der Waals surface area contributed by atoms with Gasteiger partial charge in [-0.3, -0.25) is 0 Å². The molecule has 1 heterocycles. The summed E-state index contributed by atoms with van der Waals surface area (Å²) >= 11 is 0. The standard InChI is InChI=1S/C13H15NO/c1-10-4-5-11(2)14(10)12-6-8-13(15-3)9-7-12/h4-9H,1-3H3. The van der Waals surface area contributed by atoms with Gasteiger partial charge in [0, 0.05) is 17.1 Å². The number of nitrogens with zero attached hydrogens (tertiary/aromatic N) is 1. The molecule has 0 spiro atoms. The van der Waals surface area contributed by atoms with Gasteiger partial charge in [0.1, 0.15) is 5.75 Å². The molecule has 0 fully saturated rings. The van der Waals surface area contributed by atoms with Crippen molar-refractivity contribution in [3.63, 3.8) is 0 Å². The van der Waals surface area contributed by atoms with Gasteiger partial charge in [0.05, 0.1) is 7.11 Å². The van der Waals surface area contributed by atoms with Gasteiger partial charge in [-0.1, -0.05) is 0 Å². The van der Waals surface area contributed by atoms with E-state index in [0.29, 0.717) is 0 Å². The molecule has 2 rings (SSSR count). The van der Waals surface area contributed by atoms with Crippen LogP contribution in [0.25, 0.3) is 5.69 Å². The fourth-order valence-corrected chi connectivity index (χ4v) is 1.81. The Kier molecular flexibility index (Phi) is 2.50. The van der Waals surface area contributed by atoms with Gasteiger partial charge in [-0.15, -0.1) is 0 Å². The van der Waals surface area contributed by atoms with Gasteiger partial charge in [0.2, 0.25) is 0 Å². The van der Waals surface area contributed by atoms with E-state index in [1.54, 1.807) is 7.11 Å². The lowest BCUT2D eigenvalue weighted by molar-refractivity contribution is 0.414. The van der Waals surface area contributed by atoms with Gasteiger partial charge < -0.3 is 9.30 Å². The van der Waals surface area contributed by atoms with Crippen molar-refractivity contribution in [2.45, 2.75) is 13.8 Å². The molecule has 2 aromatic rings. The number of ether oxygens (including phenoxy) is 1. The Morgan fingerprint density at radius 2 is 1.40 bits per heavy atom. The van der Waals surface area contributed by atoms with E-state index >= 15 is 0 Å². The molecule has 0 aliphatic rings. The van der Waals surface area contributed by atoms with Crippen LogP contribution in [0.4, 0.5) is 0 Å². The first kappa shape index (κ1) is 9.84. The van der Waals surface area contributed by atoms with Crippen molar-refractivity contribution in [3.05, 3.63) is 47.8 Å². The fourth-order valence-electron chi connectivity index (χ4n) is 1.81. The van der Waals surface area contributed by atoms with Crippen molar-refractivity contribution >= 4 is 0 Å². The average Bonchev–Trinajstić information content (AvgIpc) is 2.59. The van der Waals surface area contributed by atoms with Crippen LogP contribution >= 0.6 is 0 Å². The molecular formula is C13H15NO. The summed E-state index contributed by atoms with van der Waals surface area (Å²) < 4.78 is 7.36. The van der Waals surface area contributed by atoms with Gasteiger partial charge >= 0.3 is 0 Å². The molecule has 15 heavy (non-hydrogen) atoms. The Bertz CT molecular complexity index is 434. The van der Waals surface area contributed by atoms with Crippen molar-refractivity contribution in [1.29, 1.82) is 0 Å². The molecule has 0 unspecified atom stereocenters. The number of aryl methyl sites for hydroxylation is 2. The highest BCUT2D eigenvalue weighted by Gasteiger charge is 2.03. The highest BCUT2D eigenvalue weighted by Crippen LogP contribution is 2.19. The highest BCUT2D eigenvalue weighted by atomic mass is 16.5. The van der Waals surface area contributed by atoms with Crippen LogP contribution in [0.15, 0.2) is 36.4 Å². The summed E-state index contributed by atoms with van der Waals surface area (Å²) in [5, 5.41) is 0. The molecule has 2 heteroatoms. The molecule has 0 N–H and O–H groups in total. The Morgan fingerprint density at radius 3 is 1.87 bits per heavy atom. The molecule has 0 saturated carbocycles. The SMILES string of the molecule is COc1ccc(-n2c(C)ccc2C)cc1. The number of aromatic nitrogens is 1. The first-order valence-electron chi connectivity index (χ1n) is 5.02. The van der Waals surface area contributed by atoms with Crippen LogP contribution in [0.1, 0.15) is 11.4 Å². The third kappa shape index (κ3) is 1.75. The molecule has 0 amide bonds. The van der Waals surface area contributed by atoms with Crippen molar-refractivity contribution < 1.29 is 4.74 Å². The third-order valence-electron chi connectivity index (χ3n) is 2.60. The Balaban J connectivity index is 2.45. The lowest BCUT2D eigenvalue weighted by atomic mass is 10.3. The molecule has 0 radical (unpaired) electrons. The Morgan fingerprint density at radius 1 is 0.867 bits per heavy atom. The van der Waals surface area contributed by atoms with Crippen LogP contribution in [0, 0.1) is 13.8 Å². The maximum absolute atomic E-state index is 5.14. The zero-order chi connectivity index (χ0) is 10.8. The molecule has 1 aromatic carbocycles. The minimum atomic E-state index is 0.890. The summed E-state index contributed by atoms with van der Waals surface area (Å²) in [5.41, 5.74) is 3.67. The van der Waals surface area contributed by atoms with Crippen LogP contribution < -0.4 is 4.74 Å². The minimum Gasteiger partial charge on any atom is -0.497 e. The Labute approximate surface area is 90.1 Å². The van der Waals surface area contributed by atoms with Crippen LogP contribution in [-0.2, 0) is 0 Å². The molecule has 0 atom stereocenters. The monoisotopic (exact) mass is 201 g/mol. The summed E-state index contributed by atoms with van der Waals surface area (Å²) in [7, 11) is 1.68. The predicted molar refractivity (Wildman–Crippen MR) is 61.8 cm³/mol. The molecule has 78 valence electrons. The average molecular weight is 201 g/mol. The topological polar surface area (TPSA) is 14.2 Å². The summed E-state index contributed by atoms with van der Waals surface area (Å²) in [6.45, 7) is 4.22. The van der Waals surface area contributed by atoms with E-state index in [9.17, 15) is 0 Å². The number of hydrogen-bond acceptors (Lipinski definition) is 1. The summed E-state index contributed by atoms with van der Waals surface area (Å²) in [5.74, 6) is 0.890. The largest absolute Gasteiger partial charge is 0.497 e. The quantitative estimate of drug-likeness (QED) is 0.728. The molecule has 1 aromatic heterocycles. The van der Waals surface area contributed by atoms with Crippen LogP contribution in [0.2, 0.25) is 0 Å². The second kappa shape index (κ2) is 3.81. The van der Waals surface area contributed by atoms with E-state index in [0.717, 1.165) is 5.75 Å². The third-order valence-corrected chi connectivity index (χ3v) is 2.60. The van der Waals surface area contributed by atoms with Crippen molar-refractivity contribution in [2.75, 3.05) is 7.11 Å². The second-order valence-electron chi connectivity index (χ2n) is 3.65. The number of benzene rings is 1. The molecule has 2 nitrogen and oxygen atoms in total. The van der Waals surface area contributed by atoms with E-state index in [4.69, 9.17) is 4.74 Å². The van der Waals surface area contributed by atoms with Gasteiger partial charge in [0.25, 0.3) is 0 Å². The number of methoxy groups -OCH3 is 1. The van der Waals surface area contributed by atoms with E-state index in [1.165, 1.54) is 17.1 Å². The van der Waals surface area contributed by atoms with Crippen LogP contribution in [0.3, 0.4) is 0 Å². The number of hydrogen-bond donors (Lipinski definition) is 0. The van der Waals surface area contributed by atoms with Crippen LogP contribution in [-0.4, -0.2) is 11.7 Å². The first-order chi connectivity index (χ1) is 7.22. The number of rotatable bonds is 2. The Hall–Kier alpha value is -1.70. The zero-order valence-corrected chi connectivity index (χ0v) is 9.32. The minimum absolute atomic E-state index is 0.890. The highest BCUT2D eigenvalue weighted by molar-refractivity contribution is 5.41. The molecule has 0 saturated heterocycles. The fraction of sp³-hybridized carbons (Fsp3) is 0.231. The molecule has 0 aliphatic heterocycles. The lowest BCUT2D eigenvalue weighted by Crippen LogP contribution is -1.98. The van der Waals surface area contributed by atoms with E-state index in [1.807, 2.05) is 12.1 Å². The van der Waals surface area contributed by atoms with Gasteiger partial charge in [0.15, 0.2) is 0 Å². The van der Waals surface area contributed by atoms with E-state index in [-0.39, 0.29) is 0 Å². The second-order valence-corrected chi connectivity index (χ2v) is 3.65. The van der Waals surface area contributed by atoms with Gasteiger partial charge in [-0.05, 0) is 50.2 Å². The molecule has 0 bridgehead atoms. The molecule has 0 aliphatic carbocycles. The van der Waals surface area contributed by atoms with Gasteiger partial charge in [-0.25, -0.2) is 0 Å².